The molecule has 1 saturated heterocycles. The molecule has 0 bridgehead atoms. The Kier molecular flexibility index (Phi) is 6.53. The maximum absolute atomic E-state index is 14.4. The molecule has 7 heteroatoms. The third-order valence-electron chi connectivity index (χ3n) is 6.33. The molecule has 1 aliphatic carbocycles. The van der Waals surface area contributed by atoms with E-state index in [4.69, 9.17) is 0 Å². The molecule has 1 aromatic carbocycles. The van der Waals surface area contributed by atoms with Crippen molar-refractivity contribution in [2.45, 2.75) is 44.6 Å². The summed E-state index contributed by atoms with van der Waals surface area (Å²) in [5.41, 5.74) is 0.190. The van der Waals surface area contributed by atoms with E-state index in [1.54, 1.807) is 24.1 Å². The number of piperazine rings is 1. The Hall–Kier alpha value is -2.46. The van der Waals surface area contributed by atoms with Crippen LogP contribution in [0.5, 0.6) is 0 Å². The average Bonchev–Trinajstić information content (AvgIpc) is 2.74. The SMILES string of the molecule is CC(=O)c1ccc(N2CCN(CC(=O)N(C)C3(C#N)CCCCC3)CC2)c(F)c1. The number of benzene rings is 1. The van der Waals surface area contributed by atoms with Crippen molar-refractivity contribution in [2.75, 3.05) is 44.7 Å². The first kappa shape index (κ1) is 21.3. The van der Waals surface area contributed by atoms with E-state index in [1.807, 2.05) is 4.90 Å². The Labute approximate surface area is 171 Å². The van der Waals surface area contributed by atoms with Gasteiger partial charge in [0.05, 0.1) is 18.3 Å². The van der Waals surface area contributed by atoms with Crippen LogP contribution >= 0.6 is 0 Å². The topological polar surface area (TPSA) is 67.7 Å². The molecule has 6 nitrogen and oxygen atoms in total. The number of nitrogens with zero attached hydrogens (tertiary/aromatic N) is 4. The van der Waals surface area contributed by atoms with Crippen LogP contribution < -0.4 is 4.90 Å². The molecule has 0 N–H and O–H groups in total. The lowest BCUT2D eigenvalue weighted by atomic mass is 9.81. The summed E-state index contributed by atoms with van der Waals surface area (Å²) >= 11 is 0. The van der Waals surface area contributed by atoms with Crippen molar-refractivity contribution < 1.29 is 14.0 Å². The molecule has 1 aliphatic heterocycles. The number of hydrogen-bond donors (Lipinski definition) is 0. The van der Waals surface area contributed by atoms with Crippen molar-refractivity contribution in [3.8, 4) is 6.07 Å². The van der Waals surface area contributed by atoms with Crippen LogP contribution in [0.25, 0.3) is 0 Å². The highest BCUT2D eigenvalue weighted by atomic mass is 19.1. The molecule has 3 rings (SSSR count). The maximum Gasteiger partial charge on any atom is 0.237 e. The van der Waals surface area contributed by atoms with E-state index in [0.717, 1.165) is 32.1 Å². The van der Waals surface area contributed by atoms with Gasteiger partial charge in [-0.25, -0.2) is 4.39 Å². The summed E-state index contributed by atoms with van der Waals surface area (Å²) in [5.74, 6) is -0.579. The zero-order chi connectivity index (χ0) is 21.0. The van der Waals surface area contributed by atoms with Gasteiger partial charge in [0.2, 0.25) is 5.91 Å². The van der Waals surface area contributed by atoms with Crippen molar-refractivity contribution in [2.24, 2.45) is 0 Å². The van der Waals surface area contributed by atoms with Gasteiger partial charge in [0.15, 0.2) is 5.78 Å². The van der Waals surface area contributed by atoms with Gasteiger partial charge in [0.1, 0.15) is 11.4 Å². The van der Waals surface area contributed by atoms with Crippen LogP contribution in [0.4, 0.5) is 10.1 Å². The lowest BCUT2D eigenvalue weighted by Gasteiger charge is -2.41. The number of nitriles is 1. The fourth-order valence-corrected chi connectivity index (χ4v) is 4.32. The van der Waals surface area contributed by atoms with Gasteiger partial charge in [0, 0.05) is 38.8 Å². The van der Waals surface area contributed by atoms with Crippen LogP contribution in [-0.2, 0) is 4.79 Å². The van der Waals surface area contributed by atoms with E-state index in [9.17, 15) is 19.2 Å². The standard InChI is InChI=1S/C22H29FN4O2/c1-17(28)18-6-7-20(19(23)14-18)27-12-10-26(11-13-27)15-21(29)25(2)22(16-24)8-4-3-5-9-22/h6-7,14H,3-5,8-13,15H2,1-2H3. The predicted octanol–water partition coefficient (Wildman–Crippen LogP) is 2.84. The number of Topliss-reactive ketones (excluding diaryl/α,β-unsaturated/α-hetero) is 1. The second kappa shape index (κ2) is 8.91. The molecule has 2 aliphatic rings. The minimum absolute atomic E-state index is 0.0288. The molecule has 29 heavy (non-hydrogen) atoms. The monoisotopic (exact) mass is 400 g/mol. The number of halogens is 1. The van der Waals surface area contributed by atoms with Crippen molar-refractivity contribution in [3.63, 3.8) is 0 Å². The molecular formula is C22H29FN4O2. The number of ketones is 1. The van der Waals surface area contributed by atoms with Gasteiger partial charge in [-0.2, -0.15) is 5.26 Å². The molecule has 0 unspecified atom stereocenters. The van der Waals surface area contributed by atoms with Crippen LogP contribution in [0.1, 0.15) is 49.4 Å². The Bertz CT molecular complexity index is 806. The Morgan fingerprint density at radius 1 is 1.17 bits per heavy atom. The summed E-state index contributed by atoms with van der Waals surface area (Å²) in [6, 6.07) is 6.98. The van der Waals surface area contributed by atoms with Crippen LogP contribution in [0.2, 0.25) is 0 Å². The maximum atomic E-state index is 14.4. The second-order valence-electron chi connectivity index (χ2n) is 8.14. The smallest absolute Gasteiger partial charge is 0.237 e. The van der Waals surface area contributed by atoms with E-state index >= 15 is 0 Å². The third kappa shape index (κ3) is 4.59. The summed E-state index contributed by atoms with van der Waals surface area (Å²) < 4.78 is 14.4. The van der Waals surface area contributed by atoms with Crippen molar-refractivity contribution in [1.29, 1.82) is 5.26 Å². The number of likely N-dealkylation sites (N-methyl/N-ethyl adjacent to an activating group) is 1. The van der Waals surface area contributed by atoms with E-state index in [-0.39, 0.29) is 18.2 Å². The fourth-order valence-electron chi connectivity index (χ4n) is 4.32. The summed E-state index contributed by atoms with van der Waals surface area (Å²) in [4.78, 5) is 29.9. The van der Waals surface area contributed by atoms with Gasteiger partial charge in [-0.1, -0.05) is 19.3 Å². The molecular weight excluding hydrogens is 371 g/mol. The summed E-state index contributed by atoms with van der Waals surface area (Å²) in [6.07, 6.45) is 4.58. The fraction of sp³-hybridized carbons (Fsp3) is 0.591. The molecule has 156 valence electrons. The highest BCUT2D eigenvalue weighted by molar-refractivity contribution is 5.94. The van der Waals surface area contributed by atoms with E-state index in [1.165, 1.54) is 13.0 Å². The van der Waals surface area contributed by atoms with E-state index in [0.29, 0.717) is 37.4 Å². The lowest BCUT2D eigenvalue weighted by Crippen LogP contribution is -2.55. The number of anilines is 1. The molecule has 1 aromatic rings. The van der Waals surface area contributed by atoms with Crippen LogP contribution in [-0.4, -0.2) is 66.8 Å². The van der Waals surface area contributed by atoms with Gasteiger partial charge in [-0.15, -0.1) is 0 Å². The highest BCUT2D eigenvalue weighted by Gasteiger charge is 2.39. The quantitative estimate of drug-likeness (QED) is 0.711. The number of rotatable bonds is 5. The second-order valence-corrected chi connectivity index (χ2v) is 8.14. The van der Waals surface area contributed by atoms with Crippen molar-refractivity contribution >= 4 is 17.4 Å². The van der Waals surface area contributed by atoms with Crippen LogP contribution in [0.15, 0.2) is 18.2 Å². The number of amides is 1. The Morgan fingerprint density at radius 2 is 1.83 bits per heavy atom. The molecule has 2 fully saturated rings. The van der Waals surface area contributed by atoms with Gasteiger partial charge in [0.25, 0.3) is 0 Å². The van der Waals surface area contributed by atoms with Gasteiger partial charge in [-0.05, 0) is 38.0 Å². The normalized spacial score (nSPS) is 19.4. The van der Waals surface area contributed by atoms with Gasteiger partial charge >= 0.3 is 0 Å². The molecule has 0 atom stereocenters. The first-order valence-corrected chi connectivity index (χ1v) is 10.3. The number of hydrogen-bond acceptors (Lipinski definition) is 5. The van der Waals surface area contributed by atoms with Gasteiger partial charge < -0.3 is 9.80 Å². The summed E-state index contributed by atoms with van der Waals surface area (Å²) in [7, 11) is 1.75. The summed E-state index contributed by atoms with van der Waals surface area (Å²) in [5, 5.41) is 9.69. The Balaban J connectivity index is 1.56. The first-order valence-electron chi connectivity index (χ1n) is 10.3. The minimum Gasteiger partial charge on any atom is -0.367 e. The van der Waals surface area contributed by atoms with Crippen molar-refractivity contribution in [3.05, 3.63) is 29.6 Å². The number of carbonyl (C=O) groups excluding carboxylic acids is 2. The van der Waals surface area contributed by atoms with E-state index < -0.39 is 11.4 Å². The Morgan fingerprint density at radius 3 is 2.38 bits per heavy atom. The largest absolute Gasteiger partial charge is 0.367 e. The van der Waals surface area contributed by atoms with Crippen LogP contribution in [0.3, 0.4) is 0 Å². The lowest BCUT2D eigenvalue weighted by molar-refractivity contribution is -0.136. The molecule has 1 amide bonds. The minimum atomic E-state index is -0.668. The first-order chi connectivity index (χ1) is 13.9. The predicted molar refractivity (Wildman–Crippen MR) is 109 cm³/mol. The molecule has 1 saturated carbocycles. The highest BCUT2D eigenvalue weighted by Crippen LogP contribution is 2.32. The zero-order valence-electron chi connectivity index (χ0n) is 17.3. The molecule has 0 aromatic heterocycles. The average molecular weight is 400 g/mol. The molecule has 0 radical (unpaired) electrons. The molecule has 0 spiro atoms. The zero-order valence-corrected chi connectivity index (χ0v) is 17.3. The van der Waals surface area contributed by atoms with Crippen LogP contribution in [0, 0.1) is 17.1 Å². The van der Waals surface area contributed by atoms with Gasteiger partial charge in [-0.3, -0.25) is 14.5 Å². The molecule has 1 heterocycles. The van der Waals surface area contributed by atoms with Crippen molar-refractivity contribution in [1.82, 2.24) is 9.80 Å². The number of carbonyl (C=O) groups is 2. The third-order valence-corrected chi connectivity index (χ3v) is 6.33. The van der Waals surface area contributed by atoms with E-state index in [2.05, 4.69) is 11.0 Å². The summed E-state index contributed by atoms with van der Waals surface area (Å²) in [6.45, 7) is 4.21.